The molecule has 4 aliphatic carbocycles. The van der Waals surface area contributed by atoms with Crippen LogP contribution in [0.3, 0.4) is 0 Å². The second-order valence-corrected chi connectivity index (χ2v) is 9.29. The van der Waals surface area contributed by atoms with Crippen LogP contribution in [-0.2, 0) is 9.59 Å². The molecule has 0 spiro atoms. The first-order chi connectivity index (χ1) is 13.0. The van der Waals surface area contributed by atoms with Crippen molar-refractivity contribution in [2.24, 2.45) is 23.7 Å². The Morgan fingerprint density at radius 3 is 2.44 bits per heavy atom. The molecular formula is C22H28N2O3. The van der Waals surface area contributed by atoms with E-state index in [0.29, 0.717) is 13.0 Å². The van der Waals surface area contributed by atoms with E-state index in [4.69, 9.17) is 4.74 Å². The Kier molecular flexibility index (Phi) is 3.95. The standard InChI is InChI=1S/C22H28N2O3/c1-27-19-4-2-3-18(9-19)24-13-17(8-20(24)25)21(26)23-22-10-14-5-15(11-22)7-16(6-14)12-22/h2-4,9,14-17H,5-8,10-13H2,1H3,(H,23,26). The van der Waals surface area contributed by atoms with Crippen LogP contribution in [0.1, 0.15) is 44.9 Å². The van der Waals surface area contributed by atoms with Gasteiger partial charge in [-0.3, -0.25) is 9.59 Å². The van der Waals surface area contributed by atoms with E-state index < -0.39 is 0 Å². The molecule has 1 N–H and O–H groups in total. The molecule has 1 aromatic rings. The molecule has 5 nitrogen and oxygen atoms in total. The van der Waals surface area contributed by atoms with Gasteiger partial charge in [-0.05, 0) is 68.4 Å². The van der Waals surface area contributed by atoms with Gasteiger partial charge in [-0.25, -0.2) is 0 Å². The fourth-order valence-corrected chi connectivity index (χ4v) is 6.54. The first kappa shape index (κ1) is 17.1. The van der Waals surface area contributed by atoms with Crippen LogP contribution in [0.4, 0.5) is 5.69 Å². The van der Waals surface area contributed by atoms with Gasteiger partial charge in [0, 0.05) is 30.3 Å². The summed E-state index contributed by atoms with van der Waals surface area (Å²) < 4.78 is 5.27. The quantitative estimate of drug-likeness (QED) is 0.888. The van der Waals surface area contributed by atoms with Crippen molar-refractivity contribution in [3.8, 4) is 5.75 Å². The second kappa shape index (κ2) is 6.25. The third-order valence-corrected chi connectivity index (χ3v) is 7.29. The minimum atomic E-state index is -0.253. The Balaban J connectivity index is 1.28. The van der Waals surface area contributed by atoms with Crippen LogP contribution in [-0.4, -0.2) is 31.0 Å². The first-order valence-corrected chi connectivity index (χ1v) is 10.3. The smallest absolute Gasteiger partial charge is 0.227 e. The van der Waals surface area contributed by atoms with E-state index in [9.17, 15) is 9.59 Å². The Morgan fingerprint density at radius 1 is 1.15 bits per heavy atom. The van der Waals surface area contributed by atoms with E-state index in [1.54, 1.807) is 12.0 Å². The maximum absolute atomic E-state index is 13.1. The highest BCUT2D eigenvalue weighted by molar-refractivity contribution is 6.00. The van der Waals surface area contributed by atoms with Crippen LogP contribution in [0.5, 0.6) is 5.75 Å². The van der Waals surface area contributed by atoms with Crippen LogP contribution in [0.15, 0.2) is 24.3 Å². The number of amides is 2. The van der Waals surface area contributed by atoms with Gasteiger partial charge in [0.25, 0.3) is 0 Å². The van der Waals surface area contributed by atoms with Crippen molar-refractivity contribution in [2.45, 2.75) is 50.5 Å². The molecule has 5 fully saturated rings. The molecule has 1 aliphatic heterocycles. The van der Waals surface area contributed by atoms with Crippen molar-refractivity contribution in [3.05, 3.63) is 24.3 Å². The second-order valence-electron chi connectivity index (χ2n) is 9.29. The van der Waals surface area contributed by atoms with Crippen LogP contribution in [0.2, 0.25) is 0 Å². The topological polar surface area (TPSA) is 58.6 Å². The fourth-order valence-electron chi connectivity index (χ4n) is 6.54. The minimum Gasteiger partial charge on any atom is -0.497 e. The summed E-state index contributed by atoms with van der Waals surface area (Å²) in [5.74, 6) is 2.98. The number of methoxy groups -OCH3 is 1. The molecule has 1 atom stereocenters. The third kappa shape index (κ3) is 3.01. The van der Waals surface area contributed by atoms with E-state index >= 15 is 0 Å². The Labute approximate surface area is 160 Å². The molecule has 0 radical (unpaired) electrons. The van der Waals surface area contributed by atoms with E-state index in [-0.39, 0.29) is 23.3 Å². The number of carbonyl (C=O) groups is 2. The number of benzene rings is 1. The summed E-state index contributed by atoms with van der Waals surface area (Å²) >= 11 is 0. The summed E-state index contributed by atoms with van der Waals surface area (Å²) in [6.45, 7) is 0.462. The van der Waals surface area contributed by atoms with Gasteiger partial charge in [0.2, 0.25) is 11.8 Å². The Bertz CT molecular complexity index is 739. The van der Waals surface area contributed by atoms with Crippen molar-refractivity contribution in [2.75, 3.05) is 18.6 Å². The summed E-state index contributed by atoms with van der Waals surface area (Å²) in [6, 6.07) is 7.50. The summed E-state index contributed by atoms with van der Waals surface area (Å²) in [7, 11) is 1.62. The highest BCUT2D eigenvalue weighted by Gasteiger charge is 2.52. The van der Waals surface area contributed by atoms with Gasteiger partial charge < -0.3 is 15.0 Å². The molecule has 2 amide bonds. The summed E-state index contributed by atoms with van der Waals surface area (Å²) in [5, 5.41) is 3.44. The van der Waals surface area contributed by atoms with E-state index in [1.165, 1.54) is 19.3 Å². The lowest BCUT2D eigenvalue weighted by atomic mass is 9.53. The molecular weight excluding hydrogens is 340 g/mol. The first-order valence-electron chi connectivity index (χ1n) is 10.3. The molecule has 144 valence electrons. The molecule has 4 bridgehead atoms. The van der Waals surface area contributed by atoms with Crippen LogP contribution in [0, 0.1) is 23.7 Å². The Morgan fingerprint density at radius 2 is 1.81 bits per heavy atom. The number of hydrogen-bond donors (Lipinski definition) is 1. The van der Waals surface area contributed by atoms with E-state index in [1.807, 2.05) is 24.3 Å². The van der Waals surface area contributed by atoms with Crippen LogP contribution >= 0.6 is 0 Å². The predicted octanol–water partition coefficient (Wildman–Crippen LogP) is 3.13. The molecule has 1 aromatic carbocycles. The molecule has 5 aliphatic rings. The molecule has 6 rings (SSSR count). The molecule has 4 saturated carbocycles. The summed E-state index contributed by atoms with van der Waals surface area (Å²) in [6.07, 6.45) is 7.82. The van der Waals surface area contributed by atoms with Crippen molar-refractivity contribution >= 4 is 17.5 Å². The average Bonchev–Trinajstić information content (AvgIpc) is 3.02. The molecule has 5 heteroatoms. The lowest BCUT2D eigenvalue weighted by Crippen LogP contribution is -2.60. The van der Waals surface area contributed by atoms with Gasteiger partial charge in [0.1, 0.15) is 5.75 Å². The highest BCUT2D eigenvalue weighted by atomic mass is 16.5. The van der Waals surface area contributed by atoms with Crippen molar-refractivity contribution in [1.82, 2.24) is 5.32 Å². The molecule has 1 saturated heterocycles. The van der Waals surface area contributed by atoms with Gasteiger partial charge in [0.15, 0.2) is 0 Å². The zero-order chi connectivity index (χ0) is 18.6. The van der Waals surface area contributed by atoms with E-state index in [0.717, 1.165) is 48.5 Å². The average molecular weight is 368 g/mol. The van der Waals surface area contributed by atoms with Crippen molar-refractivity contribution < 1.29 is 14.3 Å². The van der Waals surface area contributed by atoms with Gasteiger partial charge in [-0.15, -0.1) is 0 Å². The monoisotopic (exact) mass is 368 g/mol. The number of rotatable bonds is 4. The molecule has 1 heterocycles. The van der Waals surface area contributed by atoms with Crippen LogP contribution in [0.25, 0.3) is 0 Å². The molecule has 0 aromatic heterocycles. The van der Waals surface area contributed by atoms with Gasteiger partial charge >= 0.3 is 0 Å². The molecule has 27 heavy (non-hydrogen) atoms. The normalized spacial score (nSPS) is 36.9. The number of carbonyl (C=O) groups excluding carboxylic acids is 2. The fraction of sp³-hybridized carbons (Fsp3) is 0.636. The minimum absolute atomic E-state index is 0.0122. The highest BCUT2D eigenvalue weighted by Crippen LogP contribution is 2.55. The summed E-state index contributed by atoms with van der Waals surface area (Å²) in [4.78, 5) is 27.3. The largest absolute Gasteiger partial charge is 0.497 e. The lowest BCUT2D eigenvalue weighted by Gasteiger charge is -2.57. The molecule has 1 unspecified atom stereocenters. The van der Waals surface area contributed by atoms with Gasteiger partial charge in [0.05, 0.1) is 13.0 Å². The predicted molar refractivity (Wildman–Crippen MR) is 102 cm³/mol. The van der Waals surface area contributed by atoms with Crippen molar-refractivity contribution in [3.63, 3.8) is 0 Å². The number of hydrogen-bond acceptors (Lipinski definition) is 3. The number of anilines is 1. The SMILES string of the molecule is COc1cccc(N2CC(C(=O)NC34CC5CC(CC(C5)C3)C4)CC2=O)c1. The number of nitrogens with one attached hydrogen (secondary N) is 1. The van der Waals surface area contributed by atoms with Crippen LogP contribution < -0.4 is 15.0 Å². The lowest BCUT2D eigenvalue weighted by molar-refractivity contribution is -0.131. The maximum atomic E-state index is 13.1. The van der Waals surface area contributed by atoms with Crippen molar-refractivity contribution in [1.29, 1.82) is 0 Å². The number of ether oxygens (including phenoxy) is 1. The summed E-state index contributed by atoms with van der Waals surface area (Å²) in [5.41, 5.74) is 0.822. The Hall–Kier alpha value is -2.04. The van der Waals surface area contributed by atoms with Gasteiger partial charge in [-0.1, -0.05) is 6.07 Å². The van der Waals surface area contributed by atoms with Gasteiger partial charge in [-0.2, -0.15) is 0 Å². The zero-order valence-electron chi connectivity index (χ0n) is 15.9. The zero-order valence-corrected chi connectivity index (χ0v) is 15.9. The third-order valence-electron chi connectivity index (χ3n) is 7.29. The van der Waals surface area contributed by atoms with E-state index in [2.05, 4.69) is 5.32 Å². The maximum Gasteiger partial charge on any atom is 0.227 e. The number of nitrogens with zero attached hydrogens (tertiary/aromatic N) is 1.